The highest BCUT2D eigenvalue weighted by Crippen LogP contribution is 2.36. The van der Waals surface area contributed by atoms with Gasteiger partial charge in [0.1, 0.15) is 22.3 Å². The van der Waals surface area contributed by atoms with Crippen LogP contribution in [0, 0.1) is 0 Å². The Morgan fingerprint density at radius 2 is 1.64 bits per heavy atom. The molecule has 4 nitrogen and oxygen atoms in total. The van der Waals surface area contributed by atoms with Crippen molar-refractivity contribution < 1.29 is 14.2 Å². The van der Waals surface area contributed by atoms with Gasteiger partial charge in [-0.15, -0.1) is 23.1 Å². The molecule has 6 heteroatoms. The first-order valence-corrected chi connectivity index (χ1v) is 9.53. The molecule has 1 aromatic heterocycles. The van der Waals surface area contributed by atoms with Gasteiger partial charge in [-0.3, -0.25) is 0 Å². The fourth-order valence-corrected chi connectivity index (χ4v) is 4.05. The van der Waals surface area contributed by atoms with Crippen LogP contribution in [0.5, 0.6) is 17.2 Å². The zero-order valence-electron chi connectivity index (χ0n) is 14.3. The maximum absolute atomic E-state index is 5.47. The minimum Gasteiger partial charge on any atom is -0.497 e. The number of rotatable bonds is 7. The second-order valence-corrected chi connectivity index (χ2v) is 7.08. The number of ether oxygens (including phenoxy) is 3. The van der Waals surface area contributed by atoms with Crippen molar-refractivity contribution in [2.24, 2.45) is 0 Å². The van der Waals surface area contributed by atoms with Crippen molar-refractivity contribution in [1.82, 2.24) is 4.98 Å². The number of thiazole rings is 1. The van der Waals surface area contributed by atoms with E-state index in [1.165, 1.54) is 4.90 Å². The van der Waals surface area contributed by atoms with Crippen molar-refractivity contribution in [2.75, 3.05) is 21.3 Å². The van der Waals surface area contributed by atoms with Gasteiger partial charge in [-0.05, 0) is 36.4 Å². The van der Waals surface area contributed by atoms with E-state index in [0.29, 0.717) is 0 Å². The maximum Gasteiger partial charge on any atom is 0.132 e. The number of nitrogens with zero attached hydrogens (tertiary/aromatic N) is 1. The van der Waals surface area contributed by atoms with Crippen LogP contribution in [0.15, 0.2) is 52.7 Å². The highest BCUT2D eigenvalue weighted by Gasteiger charge is 2.12. The van der Waals surface area contributed by atoms with Crippen LogP contribution in [0.25, 0.3) is 10.6 Å². The van der Waals surface area contributed by atoms with Gasteiger partial charge < -0.3 is 14.2 Å². The lowest BCUT2D eigenvalue weighted by Crippen LogP contribution is -1.90. The molecule has 0 aliphatic heterocycles. The summed E-state index contributed by atoms with van der Waals surface area (Å²) < 4.78 is 15.9. The average Bonchev–Trinajstić information content (AvgIpc) is 3.15. The largest absolute Gasteiger partial charge is 0.497 e. The topological polar surface area (TPSA) is 40.6 Å². The predicted molar refractivity (Wildman–Crippen MR) is 103 cm³/mol. The molecule has 1 heterocycles. The quantitative estimate of drug-likeness (QED) is 0.537. The van der Waals surface area contributed by atoms with Gasteiger partial charge in [0.05, 0.1) is 32.6 Å². The molecule has 0 atom stereocenters. The minimum atomic E-state index is 0.767. The van der Waals surface area contributed by atoms with E-state index in [2.05, 4.69) is 17.5 Å². The maximum atomic E-state index is 5.47. The van der Waals surface area contributed by atoms with E-state index >= 15 is 0 Å². The molecule has 0 aliphatic carbocycles. The molecule has 0 radical (unpaired) electrons. The third-order valence-electron chi connectivity index (χ3n) is 3.64. The lowest BCUT2D eigenvalue weighted by molar-refractivity contribution is 0.395. The monoisotopic (exact) mass is 373 g/mol. The highest BCUT2D eigenvalue weighted by atomic mass is 32.2. The summed E-state index contributed by atoms with van der Waals surface area (Å²) in [6.45, 7) is 0. The van der Waals surface area contributed by atoms with Gasteiger partial charge in [-0.1, -0.05) is 0 Å². The standard InChI is InChI=1S/C19H19NO3S2/c1-21-14-4-7-16(8-5-14)24-11-13-12-25-19(20-13)17-9-6-15(22-2)10-18(17)23-3/h4-10,12H,11H2,1-3H3. The lowest BCUT2D eigenvalue weighted by Gasteiger charge is -2.08. The molecule has 0 spiro atoms. The summed E-state index contributed by atoms with van der Waals surface area (Å²) in [7, 11) is 4.98. The van der Waals surface area contributed by atoms with Crippen molar-refractivity contribution in [2.45, 2.75) is 10.6 Å². The van der Waals surface area contributed by atoms with E-state index < -0.39 is 0 Å². The molecule has 2 aromatic carbocycles. The van der Waals surface area contributed by atoms with Crippen molar-refractivity contribution in [3.63, 3.8) is 0 Å². The van der Waals surface area contributed by atoms with E-state index in [4.69, 9.17) is 19.2 Å². The fourth-order valence-electron chi connectivity index (χ4n) is 2.30. The molecule has 0 N–H and O–H groups in total. The number of hydrogen-bond acceptors (Lipinski definition) is 6. The van der Waals surface area contributed by atoms with Crippen LogP contribution in [0.4, 0.5) is 0 Å². The Morgan fingerprint density at radius 1 is 0.920 bits per heavy atom. The van der Waals surface area contributed by atoms with Gasteiger partial charge >= 0.3 is 0 Å². The molecular formula is C19H19NO3S2. The Morgan fingerprint density at radius 3 is 2.32 bits per heavy atom. The summed E-state index contributed by atoms with van der Waals surface area (Å²) in [6.07, 6.45) is 0. The third-order valence-corrected chi connectivity index (χ3v) is 5.61. The van der Waals surface area contributed by atoms with Crippen LogP contribution < -0.4 is 14.2 Å². The molecule has 0 amide bonds. The molecule has 0 saturated carbocycles. The summed E-state index contributed by atoms with van der Waals surface area (Å²) in [4.78, 5) is 5.94. The molecule has 0 saturated heterocycles. The van der Waals surface area contributed by atoms with E-state index in [1.807, 2.05) is 30.3 Å². The zero-order valence-corrected chi connectivity index (χ0v) is 15.9. The Labute approximate surface area is 155 Å². The Hall–Kier alpha value is -2.18. The number of hydrogen-bond donors (Lipinski definition) is 0. The molecular weight excluding hydrogens is 354 g/mol. The SMILES string of the molecule is COc1ccc(SCc2csc(-c3ccc(OC)cc3OC)n2)cc1. The van der Waals surface area contributed by atoms with Crippen LogP contribution in [0.2, 0.25) is 0 Å². The second kappa shape index (κ2) is 8.27. The van der Waals surface area contributed by atoms with Crippen LogP contribution in [0.3, 0.4) is 0 Å². The normalized spacial score (nSPS) is 10.5. The van der Waals surface area contributed by atoms with Crippen molar-refractivity contribution in [3.8, 4) is 27.8 Å². The first kappa shape index (κ1) is 17.6. The van der Waals surface area contributed by atoms with Gasteiger partial charge in [-0.2, -0.15) is 0 Å². The molecule has 130 valence electrons. The van der Waals surface area contributed by atoms with Crippen molar-refractivity contribution >= 4 is 23.1 Å². The van der Waals surface area contributed by atoms with E-state index in [-0.39, 0.29) is 0 Å². The number of methoxy groups -OCH3 is 3. The Bertz CT molecular complexity index is 831. The van der Waals surface area contributed by atoms with Gasteiger partial charge in [-0.25, -0.2) is 4.98 Å². The first-order chi connectivity index (χ1) is 12.2. The first-order valence-electron chi connectivity index (χ1n) is 7.67. The van der Waals surface area contributed by atoms with Crippen LogP contribution in [0.1, 0.15) is 5.69 Å². The van der Waals surface area contributed by atoms with Gasteiger partial charge in [0, 0.05) is 22.1 Å². The predicted octanol–water partition coefficient (Wildman–Crippen LogP) is 5.13. The molecule has 0 fully saturated rings. The minimum absolute atomic E-state index is 0.767. The van der Waals surface area contributed by atoms with Crippen molar-refractivity contribution in [1.29, 1.82) is 0 Å². The van der Waals surface area contributed by atoms with Crippen LogP contribution in [-0.4, -0.2) is 26.3 Å². The lowest BCUT2D eigenvalue weighted by atomic mass is 10.2. The smallest absolute Gasteiger partial charge is 0.132 e. The molecule has 3 aromatic rings. The summed E-state index contributed by atoms with van der Waals surface area (Å²) in [6, 6.07) is 13.8. The van der Waals surface area contributed by atoms with Gasteiger partial charge in [0.25, 0.3) is 0 Å². The zero-order chi connectivity index (χ0) is 17.6. The van der Waals surface area contributed by atoms with Gasteiger partial charge in [0.15, 0.2) is 0 Å². The summed E-state index contributed by atoms with van der Waals surface area (Å²) in [5, 5.41) is 3.04. The Kier molecular flexibility index (Phi) is 5.83. The van der Waals surface area contributed by atoms with Crippen LogP contribution in [-0.2, 0) is 5.75 Å². The molecule has 25 heavy (non-hydrogen) atoms. The van der Waals surface area contributed by atoms with Gasteiger partial charge in [0.2, 0.25) is 0 Å². The number of aromatic nitrogens is 1. The van der Waals surface area contributed by atoms with E-state index in [0.717, 1.165) is 39.3 Å². The second-order valence-electron chi connectivity index (χ2n) is 5.17. The number of thioether (sulfide) groups is 1. The van der Waals surface area contributed by atoms with Crippen molar-refractivity contribution in [3.05, 3.63) is 53.5 Å². The fraction of sp³-hybridized carbons (Fsp3) is 0.211. The molecule has 0 bridgehead atoms. The average molecular weight is 373 g/mol. The Balaban J connectivity index is 1.71. The van der Waals surface area contributed by atoms with E-state index in [9.17, 15) is 0 Å². The van der Waals surface area contributed by atoms with Crippen LogP contribution >= 0.6 is 23.1 Å². The third kappa shape index (κ3) is 4.27. The molecule has 0 unspecified atom stereocenters. The summed E-state index contributed by atoms with van der Waals surface area (Å²) in [5.74, 6) is 3.23. The number of benzene rings is 2. The molecule has 3 rings (SSSR count). The highest BCUT2D eigenvalue weighted by molar-refractivity contribution is 7.98. The summed E-state index contributed by atoms with van der Waals surface area (Å²) >= 11 is 3.38. The molecule has 0 aliphatic rings. The van der Waals surface area contributed by atoms with E-state index in [1.54, 1.807) is 44.4 Å². The summed E-state index contributed by atoms with van der Waals surface area (Å²) in [5.41, 5.74) is 2.03.